The lowest BCUT2D eigenvalue weighted by atomic mass is 10.1. The van der Waals surface area contributed by atoms with E-state index in [2.05, 4.69) is 10.5 Å². The van der Waals surface area contributed by atoms with Gasteiger partial charge in [0.2, 0.25) is 0 Å². The summed E-state index contributed by atoms with van der Waals surface area (Å²) >= 11 is 0. The third-order valence-corrected chi connectivity index (χ3v) is 6.83. The Morgan fingerprint density at radius 2 is 1.67 bits per heavy atom. The average molecular weight is 514 g/mol. The maximum absolute atomic E-state index is 13.5. The number of hydrogen-bond donors (Lipinski definition) is 2. The highest BCUT2D eigenvalue weighted by Crippen LogP contribution is 2.34. The minimum atomic E-state index is -4.28. The number of benzene rings is 3. The van der Waals surface area contributed by atoms with E-state index in [1.165, 1.54) is 60.8 Å². The van der Waals surface area contributed by atoms with Gasteiger partial charge in [-0.15, -0.1) is 0 Å². The lowest BCUT2D eigenvalue weighted by Crippen LogP contribution is -2.39. The summed E-state index contributed by atoms with van der Waals surface area (Å²) in [5.41, 5.74) is 2.91. The Labute approximate surface area is 205 Å². The smallest absolute Gasteiger partial charge is 0.335 e. The third-order valence-electron chi connectivity index (χ3n) is 5.06. The van der Waals surface area contributed by atoms with Crippen molar-refractivity contribution in [1.82, 2.24) is 5.43 Å². The van der Waals surface area contributed by atoms with Gasteiger partial charge in [0.05, 0.1) is 22.4 Å². The molecular weight excluding hydrogens is 493 g/mol. The van der Waals surface area contributed by atoms with Gasteiger partial charge in [-0.25, -0.2) is 23.0 Å². The van der Waals surface area contributed by atoms with Gasteiger partial charge in [-0.1, -0.05) is 12.1 Å². The second-order valence-electron chi connectivity index (χ2n) is 7.51. The molecule has 1 aliphatic heterocycles. The van der Waals surface area contributed by atoms with Crippen LogP contribution in [-0.4, -0.2) is 51.4 Å². The minimum absolute atomic E-state index is 0.0645. The van der Waals surface area contributed by atoms with Gasteiger partial charge in [-0.2, -0.15) is 5.10 Å². The minimum Gasteiger partial charge on any atom is -0.486 e. The van der Waals surface area contributed by atoms with E-state index in [-0.39, 0.29) is 28.5 Å². The van der Waals surface area contributed by atoms with Crippen LogP contribution in [-0.2, 0) is 14.8 Å². The standard InChI is InChI=1S/C24H20FN3O7S/c25-18-5-7-19(8-6-18)28(36(32,33)20-9-10-21-22(13-20)35-12-11-34-21)15-23(29)27-26-14-16-1-3-17(4-2-16)24(30)31/h1-10,13-14H,11-12,15H2,(H,27,29)(H,30,31)/b26-14-. The zero-order valence-electron chi connectivity index (χ0n) is 18.6. The number of anilines is 1. The molecule has 0 saturated carbocycles. The average Bonchev–Trinajstić information content (AvgIpc) is 2.88. The Kier molecular flexibility index (Phi) is 7.15. The van der Waals surface area contributed by atoms with Crippen LogP contribution >= 0.6 is 0 Å². The van der Waals surface area contributed by atoms with E-state index in [1.807, 2.05) is 0 Å². The number of hydrazone groups is 1. The summed E-state index contributed by atoms with van der Waals surface area (Å²) < 4.78 is 52.2. The van der Waals surface area contributed by atoms with E-state index >= 15 is 0 Å². The summed E-state index contributed by atoms with van der Waals surface area (Å²) in [4.78, 5) is 23.4. The van der Waals surface area contributed by atoms with Crippen molar-refractivity contribution in [2.45, 2.75) is 4.90 Å². The topological polar surface area (TPSA) is 135 Å². The van der Waals surface area contributed by atoms with Gasteiger partial charge in [0.1, 0.15) is 25.6 Å². The Morgan fingerprint density at radius 1 is 1.00 bits per heavy atom. The number of carbonyl (C=O) groups excluding carboxylic acids is 1. The van der Waals surface area contributed by atoms with E-state index in [4.69, 9.17) is 14.6 Å². The maximum atomic E-state index is 13.5. The number of hydrogen-bond acceptors (Lipinski definition) is 7. The normalized spacial score (nSPS) is 12.8. The highest BCUT2D eigenvalue weighted by Gasteiger charge is 2.29. The van der Waals surface area contributed by atoms with Crippen LogP contribution in [0, 0.1) is 5.82 Å². The van der Waals surface area contributed by atoms with Crippen molar-refractivity contribution < 1.29 is 37.0 Å². The highest BCUT2D eigenvalue weighted by atomic mass is 32.2. The molecule has 4 rings (SSSR count). The van der Waals surface area contributed by atoms with E-state index in [0.29, 0.717) is 17.9 Å². The molecule has 0 saturated heterocycles. The van der Waals surface area contributed by atoms with E-state index in [0.717, 1.165) is 16.4 Å². The first-order chi connectivity index (χ1) is 17.2. The molecule has 1 heterocycles. The van der Waals surface area contributed by atoms with Crippen LogP contribution in [0.5, 0.6) is 11.5 Å². The van der Waals surface area contributed by atoms with Gasteiger partial charge >= 0.3 is 5.97 Å². The molecule has 12 heteroatoms. The molecule has 186 valence electrons. The number of sulfonamides is 1. The molecule has 2 N–H and O–H groups in total. The fourth-order valence-electron chi connectivity index (χ4n) is 3.29. The number of fused-ring (bicyclic) bond motifs is 1. The Morgan fingerprint density at radius 3 is 2.33 bits per heavy atom. The molecule has 0 spiro atoms. The molecule has 0 atom stereocenters. The lowest BCUT2D eigenvalue weighted by molar-refractivity contribution is -0.119. The highest BCUT2D eigenvalue weighted by molar-refractivity contribution is 7.92. The predicted molar refractivity (Wildman–Crippen MR) is 128 cm³/mol. The van der Waals surface area contributed by atoms with Crippen molar-refractivity contribution in [3.05, 3.63) is 83.7 Å². The molecule has 0 radical (unpaired) electrons. The summed E-state index contributed by atoms with van der Waals surface area (Å²) in [7, 11) is -4.28. The number of carbonyl (C=O) groups is 2. The largest absolute Gasteiger partial charge is 0.486 e. The number of amides is 1. The fraction of sp³-hybridized carbons (Fsp3) is 0.125. The molecule has 0 unspecified atom stereocenters. The van der Waals surface area contributed by atoms with Crippen LogP contribution in [0.2, 0.25) is 0 Å². The Bertz CT molecular complexity index is 1410. The van der Waals surface area contributed by atoms with E-state index in [1.54, 1.807) is 0 Å². The molecule has 0 fully saturated rings. The summed E-state index contributed by atoms with van der Waals surface area (Å²) in [6, 6.07) is 14.5. The summed E-state index contributed by atoms with van der Waals surface area (Å²) in [5, 5.41) is 12.7. The zero-order chi connectivity index (χ0) is 25.7. The van der Waals surface area contributed by atoms with E-state index < -0.39 is 34.3 Å². The zero-order valence-corrected chi connectivity index (χ0v) is 19.4. The number of nitrogens with one attached hydrogen (secondary N) is 1. The molecule has 0 bridgehead atoms. The number of rotatable bonds is 8. The van der Waals surface area contributed by atoms with Crippen LogP contribution in [0.4, 0.5) is 10.1 Å². The molecule has 10 nitrogen and oxygen atoms in total. The summed E-state index contributed by atoms with van der Waals surface area (Å²) in [6.07, 6.45) is 1.28. The van der Waals surface area contributed by atoms with Crippen molar-refractivity contribution in [3.8, 4) is 11.5 Å². The Balaban J connectivity index is 1.55. The first-order valence-corrected chi connectivity index (χ1v) is 12.0. The maximum Gasteiger partial charge on any atom is 0.335 e. The second kappa shape index (κ2) is 10.4. The number of nitrogens with zero attached hydrogens (tertiary/aromatic N) is 2. The van der Waals surface area contributed by atoms with Crippen LogP contribution in [0.3, 0.4) is 0 Å². The van der Waals surface area contributed by atoms with Gasteiger partial charge in [-0.05, 0) is 54.1 Å². The predicted octanol–water partition coefficient (Wildman–Crippen LogP) is 2.64. The van der Waals surface area contributed by atoms with Crippen LogP contribution in [0.1, 0.15) is 15.9 Å². The quantitative estimate of drug-likeness (QED) is 0.349. The summed E-state index contributed by atoms with van der Waals surface area (Å²) in [5.74, 6) is -1.76. The number of carboxylic acids is 1. The molecule has 0 aromatic heterocycles. The van der Waals surface area contributed by atoms with Crippen molar-refractivity contribution in [3.63, 3.8) is 0 Å². The van der Waals surface area contributed by atoms with Crippen LogP contribution < -0.4 is 19.2 Å². The first kappa shape index (κ1) is 24.7. The fourth-order valence-corrected chi connectivity index (χ4v) is 4.73. The molecule has 0 aliphatic carbocycles. The molecule has 3 aromatic rings. The van der Waals surface area contributed by atoms with E-state index in [9.17, 15) is 22.4 Å². The van der Waals surface area contributed by atoms with Crippen LogP contribution in [0.15, 0.2) is 76.7 Å². The molecule has 3 aromatic carbocycles. The van der Waals surface area contributed by atoms with Crippen LogP contribution in [0.25, 0.3) is 0 Å². The monoisotopic (exact) mass is 513 g/mol. The number of aromatic carboxylic acids is 1. The van der Waals surface area contributed by atoms with Gasteiger partial charge in [-0.3, -0.25) is 9.10 Å². The van der Waals surface area contributed by atoms with Crippen molar-refractivity contribution in [2.24, 2.45) is 5.10 Å². The van der Waals surface area contributed by atoms with Gasteiger partial charge in [0.25, 0.3) is 15.9 Å². The molecular formula is C24H20FN3O7S. The third kappa shape index (κ3) is 5.61. The van der Waals surface area contributed by atoms with Gasteiger partial charge < -0.3 is 14.6 Å². The second-order valence-corrected chi connectivity index (χ2v) is 9.38. The van der Waals surface area contributed by atoms with Gasteiger partial charge in [0.15, 0.2) is 11.5 Å². The van der Waals surface area contributed by atoms with Crippen molar-refractivity contribution >= 4 is 33.8 Å². The Hall–Kier alpha value is -4.45. The number of halogens is 1. The molecule has 36 heavy (non-hydrogen) atoms. The lowest BCUT2D eigenvalue weighted by Gasteiger charge is -2.25. The number of ether oxygens (including phenoxy) is 2. The summed E-state index contributed by atoms with van der Waals surface area (Å²) in [6.45, 7) is -0.0550. The first-order valence-electron chi connectivity index (χ1n) is 10.6. The SMILES string of the molecule is O=C(CN(c1ccc(F)cc1)S(=O)(=O)c1ccc2c(c1)OCCO2)N/N=C\c1ccc(C(=O)O)cc1. The van der Waals surface area contributed by atoms with Crippen molar-refractivity contribution in [2.75, 3.05) is 24.1 Å². The van der Waals surface area contributed by atoms with Gasteiger partial charge in [0, 0.05) is 6.07 Å². The molecule has 1 aliphatic rings. The molecule has 1 amide bonds. The number of carboxylic acid groups (broad SMARTS) is 1. The van der Waals surface area contributed by atoms with Crippen molar-refractivity contribution in [1.29, 1.82) is 0 Å².